The van der Waals surface area contributed by atoms with Crippen molar-refractivity contribution in [1.82, 2.24) is 0 Å². The average molecular weight is 447 g/mol. The highest BCUT2D eigenvalue weighted by molar-refractivity contribution is 14.1. The van der Waals surface area contributed by atoms with Crippen LogP contribution in [0.5, 0.6) is 0 Å². The van der Waals surface area contributed by atoms with E-state index in [2.05, 4.69) is 59.8 Å². The van der Waals surface area contributed by atoms with Crippen LogP contribution in [0.1, 0.15) is 13.8 Å². The lowest BCUT2D eigenvalue weighted by Gasteiger charge is -2.16. The lowest BCUT2D eigenvalue weighted by molar-refractivity contribution is -0.117. The molecule has 0 radical (unpaired) electrons. The molecule has 1 aromatic carbocycles. The molecule has 5 heteroatoms. The van der Waals surface area contributed by atoms with Crippen LogP contribution in [-0.2, 0) is 4.79 Å². The Morgan fingerprint density at radius 1 is 1.47 bits per heavy atom. The van der Waals surface area contributed by atoms with Crippen LogP contribution >= 0.6 is 54.5 Å². The Balaban J connectivity index is 2.83. The van der Waals surface area contributed by atoms with Gasteiger partial charge in [0.05, 0.1) is 4.32 Å². The fourth-order valence-corrected chi connectivity index (χ4v) is 1.71. The van der Waals surface area contributed by atoms with Gasteiger partial charge in [0.1, 0.15) is 0 Å². The summed E-state index contributed by atoms with van der Waals surface area (Å²) in [6.07, 6.45) is 0. The van der Waals surface area contributed by atoms with E-state index < -0.39 is 4.32 Å². The highest BCUT2D eigenvalue weighted by atomic mass is 127. The molecule has 15 heavy (non-hydrogen) atoms. The second-order valence-corrected chi connectivity index (χ2v) is 7.55. The maximum Gasteiger partial charge on any atom is 0.240 e. The highest BCUT2D eigenvalue weighted by Crippen LogP contribution is 2.24. The molecule has 0 heterocycles. The zero-order valence-electron chi connectivity index (χ0n) is 8.27. The van der Waals surface area contributed by atoms with Crippen molar-refractivity contribution in [2.45, 2.75) is 18.2 Å². The molecule has 1 N–H and O–H groups in total. The first kappa shape index (κ1) is 13.4. The van der Waals surface area contributed by atoms with E-state index in [9.17, 15) is 4.79 Å². The molecule has 1 rings (SSSR count). The van der Waals surface area contributed by atoms with E-state index in [1.165, 1.54) is 0 Å². The standard InChI is InChI=1S/C10H10Br2INO/c1-10(2,12)9(15)14-6-3-4-7(11)8(13)5-6/h3-5H,1-2H3,(H,14,15). The average Bonchev–Trinajstić information content (AvgIpc) is 2.10. The molecule has 0 aliphatic carbocycles. The Hall–Kier alpha value is 0.380. The minimum Gasteiger partial charge on any atom is -0.325 e. The molecule has 0 aliphatic rings. The third-order valence-corrected chi connectivity index (χ3v) is 4.40. The number of hydrogen-bond donors (Lipinski definition) is 1. The third kappa shape index (κ3) is 4.03. The van der Waals surface area contributed by atoms with Crippen LogP contribution in [0.4, 0.5) is 5.69 Å². The van der Waals surface area contributed by atoms with Crippen molar-refractivity contribution in [2.24, 2.45) is 0 Å². The summed E-state index contributed by atoms with van der Waals surface area (Å²) >= 11 is 8.92. The number of halogens is 3. The van der Waals surface area contributed by atoms with Gasteiger partial charge in [0.25, 0.3) is 0 Å². The summed E-state index contributed by atoms with van der Waals surface area (Å²) < 4.78 is 1.54. The van der Waals surface area contributed by atoms with Gasteiger partial charge in [-0.1, -0.05) is 15.9 Å². The molecule has 0 aliphatic heterocycles. The Morgan fingerprint density at radius 3 is 2.53 bits per heavy atom. The summed E-state index contributed by atoms with van der Waals surface area (Å²) in [5.74, 6) is -0.0550. The molecular formula is C10H10Br2INO. The topological polar surface area (TPSA) is 29.1 Å². The van der Waals surface area contributed by atoms with E-state index >= 15 is 0 Å². The first-order valence-corrected chi connectivity index (χ1v) is 6.92. The zero-order valence-corrected chi connectivity index (χ0v) is 13.6. The van der Waals surface area contributed by atoms with Crippen LogP contribution in [0.25, 0.3) is 0 Å². The summed E-state index contributed by atoms with van der Waals surface area (Å²) in [6, 6.07) is 5.70. The molecule has 2 nitrogen and oxygen atoms in total. The van der Waals surface area contributed by atoms with Crippen LogP contribution in [-0.4, -0.2) is 10.2 Å². The number of nitrogens with one attached hydrogen (secondary N) is 1. The Kier molecular flexibility index (Phi) is 4.61. The van der Waals surface area contributed by atoms with Gasteiger partial charge in [-0.3, -0.25) is 4.79 Å². The third-order valence-electron chi connectivity index (χ3n) is 1.72. The number of rotatable bonds is 2. The lowest BCUT2D eigenvalue weighted by Crippen LogP contribution is -2.30. The summed E-state index contributed by atoms with van der Waals surface area (Å²) in [4.78, 5) is 11.7. The molecule has 0 spiro atoms. The second kappa shape index (κ2) is 5.14. The first-order valence-electron chi connectivity index (χ1n) is 4.26. The fourth-order valence-electron chi connectivity index (χ4n) is 0.854. The number of amides is 1. The molecule has 0 bridgehead atoms. The van der Waals surface area contributed by atoms with Gasteiger partial charge in [-0.25, -0.2) is 0 Å². The van der Waals surface area contributed by atoms with Gasteiger partial charge >= 0.3 is 0 Å². The van der Waals surface area contributed by atoms with Gasteiger partial charge in [-0.15, -0.1) is 0 Å². The highest BCUT2D eigenvalue weighted by Gasteiger charge is 2.23. The number of alkyl halides is 1. The summed E-state index contributed by atoms with van der Waals surface area (Å²) in [5.41, 5.74) is 0.806. The van der Waals surface area contributed by atoms with Crippen LogP contribution in [0.15, 0.2) is 22.7 Å². The molecular weight excluding hydrogens is 437 g/mol. The Morgan fingerprint density at radius 2 is 2.07 bits per heavy atom. The molecule has 0 aromatic heterocycles. The van der Waals surface area contributed by atoms with Crippen molar-refractivity contribution in [2.75, 3.05) is 5.32 Å². The number of anilines is 1. The molecule has 1 aromatic rings. The van der Waals surface area contributed by atoms with E-state index in [0.717, 1.165) is 13.7 Å². The Labute approximate surface area is 120 Å². The van der Waals surface area contributed by atoms with Crippen molar-refractivity contribution in [3.63, 3.8) is 0 Å². The van der Waals surface area contributed by atoms with E-state index in [0.29, 0.717) is 0 Å². The molecule has 1 amide bonds. The summed E-state index contributed by atoms with van der Waals surface area (Å²) in [7, 11) is 0. The maximum absolute atomic E-state index is 11.7. The predicted molar refractivity (Wildman–Crippen MR) is 78.5 cm³/mol. The molecule has 0 saturated heterocycles. The van der Waals surface area contributed by atoms with Crippen LogP contribution < -0.4 is 5.32 Å². The monoisotopic (exact) mass is 445 g/mol. The largest absolute Gasteiger partial charge is 0.325 e. The molecule has 82 valence electrons. The van der Waals surface area contributed by atoms with Crippen LogP contribution in [0, 0.1) is 3.57 Å². The number of hydrogen-bond acceptors (Lipinski definition) is 1. The second-order valence-electron chi connectivity index (χ2n) is 3.56. The molecule has 0 atom stereocenters. The zero-order chi connectivity index (χ0) is 11.6. The number of carbonyl (C=O) groups excluding carboxylic acids is 1. The lowest BCUT2D eigenvalue weighted by atomic mass is 10.2. The quantitative estimate of drug-likeness (QED) is 0.536. The van der Waals surface area contributed by atoms with Crippen LogP contribution in [0.2, 0.25) is 0 Å². The maximum atomic E-state index is 11.7. The van der Waals surface area contributed by atoms with Gasteiger partial charge in [-0.2, -0.15) is 0 Å². The molecule has 0 unspecified atom stereocenters. The fraction of sp³-hybridized carbons (Fsp3) is 0.300. The Bertz CT molecular complexity index is 387. The van der Waals surface area contributed by atoms with Crippen molar-refractivity contribution in [1.29, 1.82) is 0 Å². The smallest absolute Gasteiger partial charge is 0.240 e. The predicted octanol–water partition coefficient (Wildman–Crippen LogP) is 4.17. The molecule has 0 fully saturated rings. The minimum atomic E-state index is -0.550. The number of benzene rings is 1. The van der Waals surface area contributed by atoms with E-state index in [1.54, 1.807) is 0 Å². The van der Waals surface area contributed by atoms with Gasteiger partial charge in [0, 0.05) is 13.7 Å². The van der Waals surface area contributed by atoms with Crippen LogP contribution in [0.3, 0.4) is 0 Å². The van der Waals surface area contributed by atoms with E-state index in [4.69, 9.17) is 0 Å². The van der Waals surface area contributed by atoms with E-state index in [1.807, 2.05) is 32.0 Å². The SMILES string of the molecule is CC(C)(Br)C(=O)Nc1ccc(Br)c(I)c1. The van der Waals surface area contributed by atoms with Crippen molar-refractivity contribution in [3.8, 4) is 0 Å². The summed E-state index contributed by atoms with van der Waals surface area (Å²) in [5, 5.41) is 2.84. The van der Waals surface area contributed by atoms with Gasteiger partial charge in [-0.05, 0) is 70.6 Å². The number of carbonyl (C=O) groups is 1. The van der Waals surface area contributed by atoms with Crippen molar-refractivity contribution < 1.29 is 4.79 Å². The normalized spacial score (nSPS) is 11.3. The van der Waals surface area contributed by atoms with E-state index in [-0.39, 0.29) is 5.91 Å². The van der Waals surface area contributed by atoms with Crippen molar-refractivity contribution >= 4 is 66.0 Å². The van der Waals surface area contributed by atoms with Gasteiger partial charge < -0.3 is 5.32 Å². The first-order chi connectivity index (χ1) is 6.80. The van der Waals surface area contributed by atoms with Crippen molar-refractivity contribution in [3.05, 3.63) is 26.2 Å². The van der Waals surface area contributed by atoms with Gasteiger partial charge in [0.2, 0.25) is 5.91 Å². The molecule has 0 saturated carbocycles. The summed E-state index contributed by atoms with van der Waals surface area (Å²) in [6.45, 7) is 3.62. The van der Waals surface area contributed by atoms with Gasteiger partial charge in [0.15, 0.2) is 0 Å². The minimum absolute atomic E-state index is 0.0550.